The number of hydrogen-bond donors (Lipinski definition) is 1. The first-order valence-electron chi connectivity index (χ1n) is 5.53. The van der Waals surface area contributed by atoms with Gasteiger partial charge in [0.2, 0.25) is 0 Å². The first-order valence-corrected chi connectivity index (χ1v) is 5.53. The van der Waals surface area contributed by atoms with Crippen LogP contribution in [0.2, 0.25) is 0 Å². The number of carbonyl (C=O) groups is 1. The highest BCUT2D eigenvalue weighted by Crippen LogP contribution is 2.03. The Morgan fingerprint density at radius 3 is 2.60 bits per heavy atom. The van der Waals surface area contributed by atoms with Gasteiger partial charge in [0.1, 0.15) is 12.7 Å². The number of unbranched alkanes of at least 4 members (excludes halogenated alkanes) is 3. The van der Waals surface area contributed by atoms with Crippen molar-refractivity contribution in [2.45, 2.75) is 45.1 Å². The number of carbonyl (C=O) groups excluding carboxylic acids is 1. The van der Waals surface area contributed by atoms with Crippen molar-refractivity contribution < 1.29 is 19.4 Å². The number of rotatable bonds is 9. The van der Waals surface area contributed by atoms with Gasteiger partial charge in [-0.25, -0.2) is 0 Å². The average Bonchev–Trinajstić information content (AvgIpc) is 2.22. The van der Waals surface area contributed by atoms with E-state index in [9.17, 15) is 9.90 Å². The predicted molar refractivity (Wildman–Crippen MR) is 57.6 cm³/mol. The van der Waals surface area contributed by atoms with Crippen LogP contribution in [0.1, 0.15) is 39.0 Å². The maximum Gasteiger partial charge on any atom is 0.305 e. The molecule has 0 fully saturated rings. The van der Waals surface area contributed by atoms with Crippen LogP contribution < -0.4 is 0 Å². The first kappa shape index (κ1) is 14.4. The average molecular weight is 218 g/mol. The monoisotopic (exact) mass is 218 g/mol. The molecule has 0 bridgehead atoms. The number of aliphatic hydroxyl groups excluding tert-OH is 1. The Hall–Kier alpha value is -0.610. The van der Waals surface area contributed by atoms with Crippen molar-refractivity contribution in [1.82, 2.24) is 0 Å². The highest BCUT2D eigenvalue weighted by atomic mass is 16.5. The molecule has 0 spiro atoms. The summed E-state index contributed by atoms with van der Waals surface area (Å²) in [5, 5.41) is 9.21. The van der Waals surface area contributed by atoms with Crippen LogP contribution in [0.5, 0.6) is 0 Å². The van der Waals surface area contributed by atoms with E-state index >= 15 is 0 Å². The van der Waals surface area contributed by atoms with Gasteiger partial charge < -0.3 is 14.6 Å². The third-order valence-electron chi connectivity index (χ3n) is 2.03. The number of esters is 1. The van der Waals surface area contributed by atoms with Crippen LogP contribution in [0.25, 0.3) is 0 Å². The van der Waals surface area contributed by atoms with Gasteiger partial charge in [0.25, 0.3) is 0 Å². The van der Waals surface area contributed by atoms with Gasteiger partial charge in [0.05, 0.1) is 6.61 Å². The Morgan fingerprint density at radius 2 is 2.00 bits per heavy atom. The molecule has 0 saturated carbocycles. The lowest BCUT2D eigenvalue weighted by Gasteiger charge is -2.09. The Bertz CT molecular complexity index is 159. The topological polar surface area (TPSA) is 55.8 Å². The SMILES string of the molecule is CCCCCCC(=O)OC[C@@H](O)COC. The van der Waals surface area contributed by atoms with Crippen LogP contribution in [-0.4, -0.2) is 37.5 Å². The molecule has 1 atom stereocenters. The van der Waals surface area contributed by atoms with Crippen molar-refractivity contribution >= 4 is 5.97 Å². The highest BCUT2D eigenvalue weighted by molar-refractivity contribution is 5.69. The Labute approximate surface area is 91.6 Å². The number of aliphatic hydroxyl groups is 1. The largest absolute Gasteiger partial charge is 0.463 e. The van der Waals surface area contributed by atoms with E-state index in [4.69, 9.17) is 9.47 Å². The summed E-state index contributed by atoms with van der Waals surface area (Å²) in [7, 11) is 1.50. The smallest absolute Gasteiger partial charge is 0.305 e. The Morgan fingerprint density at radius 1 is 1.27 bits per heavy atom. The molecule has 90 valence electrons. The Balaban J connectivity index is 3.32. The fourth-order valence-corrected chi connectivity index (χ4v) is 1.20. The zero-order valence-electron chi connectivity index (χ0n) is 9.70. The molecule has 15 heavy (non-hydrogen) atoms. The van der Waals surface area contributed by atoms with Gasteiger partial charge in [-0.3, -0.25) is 4.79 Å². The fraction of sp³-hybridized carbons (Fsp3) is 0.909. The zero-order valence-corrected chi connectivity index (χ0v) is 9.70. The van der Waals surface area contributed by atoms with E-state index in [0.717, 1.165) is 25.7 Å². The van der Waals surface area contributed by atoms with Gasteiger partial charge in [0, 0.05) is 13.5 Å². The summed E-state index contributed by atoms with van der Waals surface area (Å²) in [4.78, 5) is 11.1. The van der Waals surface area contributed by atoms with E-state index in [-0.39, 0.29) is 19.2 Å². The van der Waals surface area contributed by atoms with Crippen molar-refractivity contribution in [2.24, 2.45) is 0 Å². The molecule has 0 radical (unpaired) electrons. The standard InChI is InChI=1S/C11H22O4/c1-3-4-5-6-7-11(13)15-9-10(12)8-14-2/h10,12H,3-9H2,1-2H3/t10-/m0/s1. The van der Waals surface area contributed by atoms with Crippen LogP contribution in [-0.2, 0) is 14.3 Å². The van der Waals surface area contributed by atoms with E-state index in [1.165, 1.54) is 7.11 Å². The van der Waals surface area contributed by atoms with Crippen molar-refractivity contribution in [3.05, 3.63) is 0 Å². The molecular weight excluding hydrogens is 196 g/mol. The lowest BCUT2D eigenvalue weighted by molar-refractivity contribution is -0.147. The van der Waals surface area contributed by atoms with Crippen LogP contribution in [0, 0.1) is 0 Å². The maximum absolute atomic E-state index is 11.1. The summed E-state index contributed by atoms with van der Waals surface area (Å²) in [6.45, 7) is 2.35. The molecule has 0 saturated heterocycles. The van der Waals surface area contributed by atoms with Crippen LogP contribution in [0.3, 0.4) is 0 Å². The molecule has 0 heterocycles. The molecule has 1 N–H and O–H groups in total. The summed E-state index contributed by atoms with van der Waals surface area (Å²) in [5.74, 6) is -0.235. The van der Waals surface area contributed by atoms with E-state index in [1.54, 1.807) is 0 Å². The molecule has 0 aromatic rings. The van der Waals surface area contributed by atoms with Crippen molar-refractivity contribution in [3.8, 4) is 0 Å². The molecule has 0 aliphatic carbocycles. The zero-order chi connectivity index (χ0) is 11.5. The van der Waals surface area contributed by atoms with E-state index in [0.29, 0.717) is 6.42 Å². The Kier molecular flexibility index (Phi) is 9.52. The normalized spacial score (nSPS) is 12.5. The molecule has 0 aromatic heterocycles. The fourth-order valence-electron chi connectivity index (χ4n) is 1.20. The van der Waals surface area contributed by atoms with Gasteiger partial charge in [0.15, 0.2) is 0 Å². The van der Waals surface area contributed by atoms with Crippen LogP contribution in [0.4, 0.5) is 0 Å². The second kappa shape index (κ2) is 9.93. The van der Waals surface area contributed by atoms with Gasteiger partial charge in [-0.2, -0.15) is 0 Å². The van der Waals surface area contributed by atoms with Gasteiger partial charge in [-0.1, -0.05) is 26.2 Å². The number of methoxy groups -OCH3 is 1. The molecule has 0 aromatic carbocycles. The molecular formula is C11H22O4. The summed E-state index contributed by atoms with van der Waals surface area (Å²) < 4.78 is 9.58. The molecule has 0 amide bonds. The van der Waals surface area contributed by atoms with E-state index in [2.05, 4.69) is 6.92 Å². The van der Waals surface area contributed by atoms with Crippen molar-refractivity contribution in [3.63, 3.8) is 0 Å². The summed E-state index contributed by atoms with van der Waals surface area (Å²) in [6, 6.07) is 0. The molecule has 0 aliphatic heterocycles. The predicted octanol–water partition coefficient (Wildman–Crippen LogP) is 1.51. The van der Waals surface area contributed by atoms with Gasteiger partial charge in [-0.05, 0) is 6.42 Å². The molecule has 4 heteroatoms. The second-order valence-corrected chi connectivity index (χ2v) is 3.60. The number of ether oxygens (including phenoxy) is 2. The summed E-state index contributed by atoms with van der Waals surface area (Å²) >= 11 is 0. The third kappa shape index (κ3) is 9.69. The minimum atomic E-state index is -0.713. The van der Waals surface area contributed by atoms with Crippen LogP contribution in [0.15, 0.2) is 0 Å². The molecule has 0 unspecified atom stereocenters. The van der Waals surface area contributed by atoms with Gasteiger partial charge >= 0.3 is 5.97 Å². The minimum Gasteiger partial charge on any atom is -0.463 e. The maximum atomic E-state index is 11.1. The first-order chi connectivity index (χ1) is 7.20. The summed E-state index contributed by atoms with van der Waals surface area (Å²) in [6.07, 6.45) is 3.97. The molecule has 0 rings (SSSR count). The minimum absolute atomic E-state index is 0.0282. The highest BCUT2D eigenvalue weighted by Gasteiger charge is 2.07. The van der Waals surface area contributed by atoms with Gasteiger partial charge in [-0.15, -0.1) is 0 Å². The van der Waals surface area contributed by atoms with Crippen molar-refractivity contribution in [1.29, 1.82) is 0 Å². The molecule has 4 nitrogen and oxygen atoms in total. The third-order valence-corrected chi connectivity index (χ3v) is 2.03. The molecule has 0 aliphatic rings. The quantitative estimate of drug-likeness (QED) is 0.471. The van der Waals surface area contributed by atoms with Crippen LogP contribution >= 0.6 is 0 Å². The second-order valence-electron chi connectivity index (χ2n) is 3.60. The van der Waals surface area contributed by atoms with Crippen molar-refractivity contribution in [2.75, 3.05) is 20.3 Å². The lowest BCUT2D eigenvalue weighted by atomic mass is 10.2. The van der Waals surface area contributed by atoms with E-state index in [1.807, 2.05) is 0 Å². The lowest BCUT2D eigenvalue weighted by Crippen LogP contribution is -2.22. The number of hydrogen-bond acceptors (Lipinski definition) is 4. The van der Waals surface area contributed by atoms with E-state index < -0.39 is 6.10 Å². The summed E-state index contributed by atoms with van der Waals surface area (Å²) in [5.41, 5.74) is 0.